The Balaban J connectivity index is 1.83. The van der Waals surface area contributed by atoms with Crippen LogP contribution in [0.5, 0.6) is 5.75 Å². The van der Waals surface area contributed by atoms with Gasteiger partial charge in [-0.2, -0.15) is 5.10 Å². The fourth-order valence-corrected chi connectivity index (χ4v) is 2.72. The molecule has 0 fully saturated rings. The first-order chi connectivity index (χ1) is 12.1. The van der Waals surface area contributed by atoms with Crippen molar-refractivity contribution in [2.24, 2.45) is 0 Å². The van der Waals surface area contributed by atoms with Crippen LogP contribution in [-0.4, -0.2) is 27.1 Å². The van der Waals surface area contributed by atoms with E-state index in [1.54, 1.807) is 36.1 Å². The first-order valence-corrected chi connectivity index (χ1v) is 8.24. The summed E-state index contributed by atoms with van der Waals surface area (Å²) in [5.41, 5.74) is 3.03. The van der Waals surface area contributed by atoms with Crippen LogP contribution in [0.1, 0.15) is 17.4 Å². The maximum absolute atomic E-state index is 10.4. The second kappa shape index (κ2) is 7.70. The molecule has 0 amide bonds. The Kier molecular flexibility index (Phi) is 5.38. The van der Waals surface area contributed by atoms with Crippen LogP contribution in [0.3, 0.4) is 0 Å². The highest BCUT2D eigenvalue weighted by Gasteiger charge is 2.14. The molecule has 1 atom stereocenters. The van der Waals surface area contributed by atoms with Gasteiger partial charge in [-0.05, 0) is 48.0 Å². The van der Waals surface area contributed by atoms with Crippen molar-refractivity contribution in [3.8, 4) is 17.0 Å². The van der Waals surface area contributed by atoms with E-state index >= 15 is 0 Å². The Morgan fingerprint density at radius 2 is 1.80 bits per heavy atom. The second-order valence-electron chi connectivity index (χ2n) is 5.66. The number of methoxy groups -OCH3 is 1. The number of hydrogen-bond donors (Lipinski definition) is 2. The maximum atomic E-state index is 10.4. The molecule has 2 aromatic carbocycles. The van der Waals surface area contributed by atoms with Crippen molar-refractivity contribution in [1.29, 1.82) is 0 Å². The van der Waals surface area contributed by atoms with E-state index in [9.17, 15) is 10.2 Å². The first-order valence-electron chi connectivity index (χ1n) is 7.86. The summed E-state index contributed by atoms with van der Waals surface area (Å²) in [4.78, 5) is 0. The molecule has 3 rings (SSSR count). The number of benzene rings is 2. The summed E-state index contributed by atoms with van der Waals surface area (Å²) >= 11 is 5.88. The lowest BCUT2D eigenvalue weighted by atomic mass is 10.1. The monoisotopic (exact) mass is 358 g/mol. The van der Waals surface area contributed by atoms with Crippen LogP contribution >= 0.6 is 11.6 Å². The molecular formula is C19H19ClN2O3. The van der Waals surface area contributed by atoms with Gasteiger partial charge in [-0.3, -0.25) is 4.68 Å². The van der Waals surface area contributed by atoms with Crippen LogP contribution in [0.2, 0.25) is 5.02 Å². The third kappa shape index (κ3) is 4.02. The third-order valence-electron chi connectivity index (χ3n) is 4.01. The Bertz CT molecular complexity index is 829. The predicted octanol–water partition coefficient (Wildman–Crippen LogP) is 3.44. The number of nitrogens with zero attached hydrogens (tertiary/aromatic N) is 2. The summed E-state index contributed by atoms with van der Waals surface area (Å²) in [5, 5.41) is 25.2. The molecular weight excluding hydrogens is 340 g/mol. The van der Waals surface area contributed by atoms with Crippen LogP contribution in [0, 0.1) is 0 Å². The SMILES string of the molecule is COc1ccc(-c2cc(CO)n(CC(O)c3ccc(Cl)cc3)n2)cc1. The van der Waals surface area contributed by atoms with Gasteiger partial charge in [-0.25, -0.2) is 0 Å². The summed E-state index contributed by atoms with van der Waals surface area (Å²) in [5.74, 6) is 0.767. The molecule has 5 nitrogen and oxygen atoms in total. The number of aliphatic hydroxyl groups excluding tert-OH is 2. The molecule has 0 saturated heterocycles. The van der Waals surface area contributed by atoms with Crippen molar-refractivity contribution in [1.82, 2.24) is 9.78 Å². The van der Waals surface area contributed by atoms with Crippen LogP contribution in [0.25, 0.3) is 11.3 Å². The summed E-state index contributed by atoms with van der Waals surface area (Å²) in [6.07, 6.45) is -0.744. The van der Waals surface area contributed by atoms with Crippen molar-refractivity contribution in [2.75, 3.05) is 7.11 Å². The molecule has 0 radical (unpaired) electrons. The van der Waals surface area contributed by atoms with E-state index < -0.39 is 6.10 Å². The molecule has 3 aromatic rings. The Hall–Kier alpha value is -2.34. The van der Waals surface area contributed by atoms with E-state index in [0.717, 1.165) is 22.6 Å². The molecule has 1 unspecified atom stereocenters. The fourth-order valence-electron chi connectivity index (χ4n) is 2.60. The van der Waals surface area contributed by atoms with E-state index in [-0.39, 0.29) is 13.2 Å². The van der Waals surface area contributed by atoms with Gasteiger partial charge in [0.25, 0.3) is 0 Å². The van der Waals surface area contributed by atoms with Crippen molar-refractivity contribution in [3.63, 3.8) is 0 Å². The van der Waals surface area contributed by atoms with Gasteiger partial charge in [-0.1, -0.05) is 23.7 Å². The smallest absolute Gasteiger partial charge is 0.118 e. The van der Waals surface area contributed by atoms with E-state index in [1.165, 1.54) is 0 Å². The quantitative estimate of drug-likeness (QED) is 0.708. The number of rotatable bonds is 6. The van der Waals surface area contributed by atoms with Gasteiger partial charge in [-0.15, -0.1) is 0 Å². The number of aliphatic hydroxyl groups is 2. The minimum absolute atomic E-state index is 0.156. The standard InChI is InChI=1S/C19H19ClN2O3/c1-25-17-8-4-13(5-9-17)18-10-16(12-23)22(21-18)11-19(24)14-2-6-15(20)7-3-14/h2-10,19,23-24H,11-12H2,1H3. The molecule has 25 heavy (non-hydrogen) atoms. The number of aromatic nitrogens is 2. The van der Waals surface area contributed by atoms with E-state index in [1.807, 2.05) is 30.3 Å². The lowest BCUT2D eigenvalue weighted by molar-refractivity contribution is 0.147. The lowest BCUT2D eigenvalue weighted by Gasteiger charge is -2.13. The van der Waals surface area contributed by atoms with Gasteiger partial charge in [0, 0.05) is 10.6 Å². The minimum Gasteiger partial charge on any atom is -0.497 e. The van der Waals surface area contributed by atoms with Crippen LogP contribution in [0.4, 0.5) is 0 Å². The second-order valence-corrected chi connectivity index (χ2v) is 6.09. The number of ether oxygens (including phenoxy) is 1. The number of halogens is 1. The molecule has 0 aliphatic carbocycles. The average molecular weight is 359 g/mol. The molecule has 130 valence electrons. The zero-order chi connectivity index (χ0) is 17.8. The molecule has 1 heterocycles. The van der Waals surface area contributed by atoms with E-state index in [2.05, 4.69) is 5.10 Å². The summed E-state index contributed by atoms with van der Waals surface area (Å²) in [6, 6.07) is 16.4. The summed E-state index contributed by atoms with van der Waals surface area (Å²) in [6.45, 7) is 0.0875. The average Bonchev–Trinajstić information content (AvgIpc) is 3.05. The van der Waals surface area contributed by atoms with Crippen molar-refractivity contribution in [3.05, 3.63) is 70.9 Å². The zero-order valence-electron chi connectivity index (χ0n) is 13.8. The van der Waals surface area contributed by atoms with Gasteiger partial charge in [0.05, 0.1) is 37.8 Å². The van der Waals surface area contributed by atoms with Crippen LogP contribution in [0.15, 0.2) is 54.6 Å². The highest BCUT2D eigenvalue weighted by molar-refractivity contribution is 6.30. The van der Waals surface area contributed by atoms with Gasteiger partial charge in [0.15, 0.2) is 0 Å². The normalized spacial score (nSPS) is 12.2. The molecule has 0 saturated carbocycles. The number of hydrogen-bond acceptors (Lipinski definition) is 4. The van der Waals surface area contributed by atoms with Crippen LogP contribution in [-0.2, 0) is 13.2 Å². The molecule has 2 N–H and O–H groups in total. The molecule has 0 spiro atoms. The molecule has 1 aromatic heterocycles. The van der Waals surface area contributed by atoms with Gasteiger partial charge >= 0.3 is 0 Å². The maximum Gasteiger partial charge on any atom is 0.118 e. The van der Waals surface area contributed by atoms with E-state index in [4.69, 9.17) is 16.3 Å². The van der Waals surface area contributed by atoms with Gasteiger partial charge in [0.2, 0.25) is 0 Å². The highest BCUT2D eigenvalue weighted by atomic mass is 35.5. The topological polar surface area (TPSA) is 67.5 Å². The molecule has 6 heteroatoms. The minimum atomic E-state index is -0.744. The van der Waals surface area contributed by atoms with E-state index in [0.29, 0.717) is 10.7 Å². The Morgan fingerprint density at radius 3 is 2.40 bits per heavy atom. The van der Waals surface area contributed by atoms with Crippen molar-refractivity contribution < 1.29 is 14.9 Å². The molecule has 0 aliphatic rings. The van der Waals surface area contributed by atoms with Crippen molar-refractivity contribution in [2.45, 2.75) is 19.3 Å². The van der Waals surface area contributed by atoms with Gasteiger partial charge < -0.3 is 14.9 Å². The van der Waals surface area contributed by atoms with Crippen LogP contribution < -0.4 is 4.74 Å². The Morgan fingerprint density at radius 1 is 1.12 bits per heavy atom. The van der Waals surface area contributed by atoms with Gasteiger partial charge in [0.1, 0.15) is 5.75 Å². The largest absolute Gasteiger partial charge is 0.497 e. The van der Waals surface area contributed by atoms with Crippen molar-refractivity contribution >= 4 is 11.6 Å². The highest BCUT2D eigenvalue weighted by Crippen LogP contribution is 2.24. The molecule has 0 bridgehead atoms. The summed E-state index contributed by atoms with van der Waals surface area (Å²) in [7, 11) is 1.62. The predicted molar refractivity (Wildman–Crippen MR) is 96.5 cm³/mol. The third-order valence-corrected chi connectivity index (χ3v) is 4.26. The zero-order valence-corrected chi connectivity index (χ0v) is 14.5. The molecule has 0 aliphatic heterocycles. The lowest BCUT2D eigenvalue weighted by Crippen LogP contribution is -2.12. The fraction of sp³-hybridized carbons (Fsp3) is 0.211. The first kappa shape index (κ1) is 17.5. The summed E-state index contributed by atoms with van der Waals surface area (Å²) < 4.78 is 6.78. The Labute approximate surface area is 151 Å².